The Hall–Kier alpha value is -2.06. The third-order valence-electron chi connectivity index (χ3n) is 3.70. The highest BCUT2D eigenvalue weighted by molar-refractivity contribution is 7.94. The first-order valence-electron chi connectivity index (χ1n) is 7.88. The van der Waals surface area contributed by atoms with Crippen molar-refractivity contribution in [2.75, 3.05) is 18.0 Å². The summed E-state index contributed by atoms with van der Waals surface area (Å²) in [4.78, 5) is 12.4. The fourth-order valence-corrected chi connectivity index (χ4v) is 4.74. The zero-order chi connectivity index (χ0) is 18.4. The normalized spacial score (nSPS) is 12.4. The molecule has 1 atom stereocenters. The minimum absolute atomic E-state index is 0.0311. The number of benzene rings is 1. The SMILES string of the molecule is CCC(C)NC(=O)CN(c1ccccc1OC)S(=O)(=O)c1cccs1. The maximum atomic E-state index is 13.1. The van der Waals surface area contributed by atoms with Crippen molar-refractivity contribution in [3.63, 3.8) is 0 Å². The molecular weight excluding hydrogens is 360 g/mol. The number of thiophene rings is 1. The Kier molecular flexibility index (Phi) is 6.44. The molecule has 0 spiro atoms. The molecule has 1 N–H and O–H groups in total. The van der Waals surface area contributed by atoms with Crippen LogP contribution in [0.25, 0.3) is 0 Å². The molecule has 1 amide bonds. The van der Waals surface area contributed by atoms with Gasteiger partial charge in [0.25, 0.3) is 10.0 Å². The van der Waals surface area contributed by atoms with Crippen molar-refractivity contribution >= 4 is 33.0 Å². The second-order valence-corrected chi connectivity index (χ2v) is 8.53. The highest BCUT2D eigenvalue weighted by Crippen LogP contribution is 2.33. The molecule has 0 fully saturated rings. The number of methoxy groups -OCH3 is 1. The third kappa shape index (κ3) is 4.52. The van der Waals surface area contributed by atoms with Crippen LogP contribution in [-0.4, -0.2) is 34.0 Å². The lowest BCUT2D eigenvalue weighted by molar-refractivity contribution is -0.120. The van der Waals surface area contributed by atoms with Gasteiger partial charge in [0.05, 0.1) is 12.8 Å². The Morgan fingerprint density at radius 2 is 2.00 bits per heavy atom. The molecule has 136 valence electrons. The highest BCUT2D eigenvalue weighted by atomic mass is 32.2. The third-order valence-corrected chi connectivity index (χ3v) is 6.83. The van der Waals surface area contributed by atoms with Crippen LogP contribution in [0, 0.1) is 0 Å². The summed E-state index contributed by atoms with van der Waals surface area (Å²) in [5.74, 6) is 0.0272. The van der Waals surface area contributed by atoms with E-state index in [0.29, 0.717) is 11.4 Å². The number of rotatable bonds is 8. The molecule has 0 saturated heterocycles. The van der Waals surface area contributed by atoms with Crippen LogP contribution < -0.4 is 14.4 Å². The van der Waals surface area contributed by atoms with Crippen molar-refractivity contribution < 1.29 is 17.9 Å². The molecule has 25 heavy (non-hydrogen) atoms. The van der Waals surface area contributed by atoms with Gasteiger partial charge in [-0.1, -0.05) is 25.1 Å². The Morgan fingerprint density at radius 3 is 2.60 bits per heavy atom. The summed E-state index contributed by atoms with van der Waals surface area (Å²) in [6, 6.07) is 9.90. The molecule has 0 aliphatic carbocycles. The molecule has 0 aliphatic heterocycles. The van der Waals surface area contributed by atoms with E-state index in [0.717, 1.165) is 22.1 Å². The van der Waals surface area contributed by atoms with Crippen molar-refractivity contribution in [2.45, 2.75) is 30.5 Å². The molecular formula is C17H22N2O4S2. The lowest BCUT2D eigenvalue weighted by Gasteiger charge is -2.25. The van der Waals surface area contributed by atoms with Crippen LogP contribution in [-0.2, 0) is 14.8 Å². The molecule has 1 unspecified atom stereocenters. The first-order chi connectivity index (χ1) is 11.9. The molecule has 2 aromatic rings. The van der Waals surface area contributed by atoms with Gasteiger partial charge in [-0.3, -0.25) is 9.10 Å². The maximum Gasteiger partial charge on any atom is 0.274 e. The summed E-state index contributed by atoms with van der Waals surface area (Å²) in [7, 11) is -2.40. The largest absolute Gasteiger partial charge is 0.495 e. The molecule has 0 saturated carbocycles. The summed E-state index contributed by atoms with van der Waals surface area (Å²) >= 11 is 1.11. The van der Waals surface area contributed by atoms with Crippen molar-refractivity contribution in [1.82, 2.24) is 5.32 Å². The molecule has 1 aromatic heterocycles. The van der Waals surface area contributed by atoms with Crippen molar-refractivity contribution in [3.05, 3.63) is 41.8 Å². The van der Waals surface area contributed by atoms with Gasteiger partial charge in [0.15, 0.2) is 0 Å². The second-order valence-electron chi connectivity index (χ2n) is 5.49. The van der Waals surface area contributed by atoms with E-state index in [4.69, 9.17) is 4.74 Å². The van der Waals surface area contributed by atoms with E-state index in [1.54, 1.807) is 35.7 Å². The summed E-state index contributed by atoms with van der Waals surface area (Å²) in [6.45, 7) is 3.51. The number of nitrogens with one attached hydrogen (secondary N) is 1. The van der Waals surface area contributed by atoms with E-state index < -0.39 is 10.0 Å². The lowest BCUT2D eigenvalue weighted by atomic mass is 10.2. The zero-order valence-electron chi connectivity index (χ0n) is 14.4. The lowest BCUT2D eigenvalue weighted by Crippen LogP contribution is -2.43. The van der Waals surface area contributed by atoms with E-state index >= 15 is 0 Å². The molecule has 2 rings (SSSR count). The van der Waals surface area contributed by atoms with Crippen LogP contribution in [0.2, 0.25) is 0 Å². The van der Waals surface area contributed by atoms with Crippen LogP contribution in [0.3, 0.4) is 0 Å². The van der Waals surface area contributed by atoms with E-state index in [9.17, 15) is 13.2 Å². The Morgan fingerprint density at radius 1 is 1.28 bits per heavy atom. The second kappa shape index (κ2) is 8.35. The average molecular weight is 383 g/mol. The van der Waals surface area contributed by atoms with Gasteiger partial charge in [0, 0.05) is 6.04 Å². The molecule has 0 bridgehead atoms. The first-order valence-corrected chi connectivity index (χ1v) is 10.2. The number of anilines is 1. The monoisotopic (exact) mass is 382 g/mol. The van der Waals surface area contributed by atoms with Crippen LogP contribution in [0.4, 0.5) is 5.69 Å². The first kappa shape index (κ1) is 19.3. The molecule has 1 aromatic carbocycles. The van der Waals surface area contributed by atoms with Crippen LogP contribution in [0.5, 0.6) is 5.75 Å². The van der Waals surface area contributed by atoms with E-state index in [-0.39, 0.29) is 22.7 Å². The van der Waals surface area contributed by atoms with E-state index in [2.05, 4.69) is 5.32 Å². The van der Waals surface area contributed by atoms with E-state index in [1.165, 1.54) is 13.2 Å². The highest BCUT2D eigenvalue weighted by Gasteiger charge is 2.30. The quantitative estimate of drug-likeness (QED) is 0.762. The fraction of sp³-hybridized carbons (Fsp3) is 0.353. The van der Waals surface area contributed by atoms with Gasteiger partial charge in [0.2, 0.25) is 5.91 Å². The number of amides is 1. The number of sulfonamides is 1. The fourth-order valence-electron chi connectivity index (χ4n) is 2.21. The minimum atomic E-state index is -3.87. The molecule has 8 heteroatoms. The standard InChI is InChI=1S/C17H22N2O4S2/c1-4-13(2)18-16(20)12-19(14-8-5-6-9-15(14)23-3)25(21,22)17-10-7-11-24-17/h5-11,13H,4,12H2,1-3H3,(H,18,20). The maximum absolute atomic E-state index is 13.1. The van der Waals surface area contributed by atoms with Gasteiger partial charge < -0.3 is 10.1 Å². The van der Waals surface area contributed by atoms with Crippen LogP contribution >= 0.6 is 11.3 Å². The van der Waals surface area contributed by atoms with Gasteiger partial charge >= 0.3 is 0 Å². The summed E-state index contributed by atoms with van der Waals surface area (Å²) in [6.07, 6.45) is 0.762. The summed E-state index contributed by atoms with van der Waals surface area (Å²) < 4.78 is 32.7. The van der Waals surface area contributed by atoms with Crippen molar-refractivity contribution in [2.24, 2.45) is 0 Å². The van der Waals surface area contributed by atoms with Crippen molar-refractivity contribution in [3.8, 4) is 5.75 Å². The van der Waals surface area contributed by atoms with E-state index in [1.807, 2.05) is 13.8 Å². The predicted molar refractivity (Wildman–Crippen MR) is 99.7 cm³/mol. The number of carbonyl (C=O) groups is 1. The molecule has 6 nitrogen and oxygen atoms in total. The van der Waals surface area contributed by atoms with Gasteiger partial charge in [-0.15, -0.1) is 11.3 Å². The Balaban J connectivity index is 2.44. The number of hydrogen-bond donors (Lipinski definition) is 1. The number of nitrogens with zero attached hydrogens (tertiary/aromatic N) is 1. The Bertz CT molecular complexity index is 804. The molecule has 1 heterocycles. The van der Waals surface area contributed by atoms with Gasteiger partial charge in [-0.25, -0.2) is 8.42 Å². The zero-order valence-corrected chi connectivity index (χ0v) is 16.1. The molecule has 0 aliphatic rings. The van der Waals surface area contributed by atoms with Crippen molar-refractivity contribution in [1.29, 1.82) is 0 Å². The number of carbonyl (C=O) groups excluding carboxylic acids is 1. The number of para-hydroxylation sites is 2. The molecule has 0 radical (unpaired) electrons. The predicted octanol–water partition coefficient (Wildman–Crippen LogP) is 2.87. The number of hydrogen-bond acceptors (Lipinski definition) is 5. The summed E-state index contributed by atoms with van der Waals surface area (Å²) in [5.41, 5.74) is 0.331. The average Bonchev–Trinajstić information content (AvgIpc) is 3.15. The smallest absolute Gasteiger partial charge is 0.274 e. The minimum Gasteiger partial charge on any atom is -0.495 e. The van der Waals surface area contributed by atoms with Gasteiger partial charge in [-0.05, 0) is 36.9 Å². The van der Waals surface area contributed by atoms with Gasteiger partial charge in [-0.2, -0.15) is 0 Å². The number of ether oxygens (including phenoxy) is 1. The topological polar surface area (TPSA) is 75.7 Å². The van der Waals surface area contributed by atoms with Crippen LogP contribution in [0.1, 0.15) is 20.3 Å². The van der Waals surface area contributed by atoms with Crippen LogP contribution in [0.15, 0.2) is 46.0 Å². The summed E-state index contributed by atoms with van der Waals surface area (Å²) in [5, 5.41) is 4.49. The van der Waals surface area contributed by atoms with Gasteiger partial charge in [0.1, 0.15) is 16.5 Å². The Labute approximate surface area is 152 Å².